The molecule has 0 bridgehead atoms. The summed E-state index contributed by atoms with van der Waals surface area (Å²) in [7, 11) is 3.18. The van der Waals surface area contributed by atoms with E-state index in [1.807, 2.05) is 18.3 Å². The molecule has 3 aromatic rings. The van der Waals surface area contributed by atoms with Gasteiger partial charge in [-0.25, -0.2) is 9.67 Å². The van der Waals surface area contributed by atoms with Crippen LogP contribution in [0, 0.1) is 0 Å². The summed E-state index contributed by atoms with van der Waals surface area (Å²) in [5.41, 5.74) is 1.94. The molecular weight excluding hydrogens is 348 g/mol. The largest absolute Gasteiger partial charge is 0.467 e. The molecule has 4 rings (SSSR count). The molecule has 0 aromatic carbocycles. The first-order valence-corrected chi connectivity index (χ1v) is 8.74. The number of pyridine rings is 1. The predicted molar refractivity (Wildman–Crippen MR) is 94.1 cm³/mol. The Kier molecular flexibility index (Phi) is 4.57. The van der Waals surface area contributed by atoms with Gasteiger partial charge in [0.05, 0.1) is 13.7 Å². The van der Waals surface area contributed by atoms with Crippen molar-refractivity contribution < 1.29 is 13.9 Å². The molecule has 0 atom stereocenters. The van der Waals surface area contributed by atoms with Crippen LogP contribution in [0.1, 0.15) is 33.5 Å². The van der Waals surface area contributed by atoms with Crippen molar-refractivity contribution in [3.63, 3.8) is 0 Å². The van der Waals surface area contributed by atoms with Crippen LogP contribution < -0.4 is 4.74 Å². The highest BCUT2D eigenvalue weighted by Gasteiger charge is 2.28. The number of carbonyl (C=O) groups is 1. The number of ether oxygens (including phenoxy) is 1. The van der Waals surface area contributed by atoms with Crippen molar-refractivity contribution in [2.75, 3.05) is 13.7 Å². The molecule has 1 aliphatic heterocycles. The van der Waals surface area contributed by atoms with E-state index in [0.29, 0.717) is 37.8 Å². The molecule has 9 heteroatoms. The lowest BCUT2D eigenvalue weighted by Gasteiger charge is -2.23. The fraction of sp³-hybridized carbons (Fsp3) is 0.389. The van der Waals surface area contributed by atoms with Crippen LogP contribution in [-0.2, 0) is 32.9 Å². The van der Waals surface area contributed by atoms with E-state index in [4.69, 9.17) is 9.15 Å². The molecule has 1 amide bonds. The van der Waals surface area contributed by atoms with Gasteiger partial charge in [-0.15, -0.1) is 5.10 Å². The first-order chi connectivity index (χ1) is 13.1. The number of oxazole rings is 1. The molecule has 0 saturated heterocycles. The maximum absolute atomic E-state index is 12.7. The number of rotatable bonds is 5. The summed E-state index contributed by atoms with van der Waals surface area (Å²) in [6.45, 7) is 0.939. The molecular formula is C18H20N6O3. The standard InChI is InChI=1S/C18H20N6O3/c1-23-18(26-2)21-16(22-23)17(25)24-9-7-14-13(11-24)20-15(27-14)6-5-12-4-3-8-19-10-12/h3-4,8,10H,5-7,9,11H2,1-2H3. The number of aryl methyl sites for hydroxylation is 3. The van der Waals surface area contributed by atoms with E-state index in [-0.39, 0.29) is 11.7 Å². The quantitative estimate of drug-likeness (QED) is 0.667. The fourth-order valence-electron chi connectivity index (χ4n) is 3.11. The van der Waals surface area contributed by atoms with Crippen LogP contribution in [0.15, 0.2) is 28.9 Å². The van der Waals surface area contributed by atoms with Gasteiger partial charge in [0, 0.05) is 38.8 Å². The fourth-order valence-corrected chi connectivity index (χ4v) is 3.11. The van der Waals surface area contributed by atoms with E-state index in [9.17, 15) is 4.79 Å². The van der Waals surface area contributed by atoms with E-state index < -0.39 is 0 Å². The zero-order valence-electron chi connectivity index (χ0n) is 15.3. The third-order valence-electron chi connectivity index (χ3n) is 4.51. The van der Waals surface area contributed by atoms with Crippen LogP contribution in [0.4, 0.5) is 0 Å². The molecule has 0 spiro atoms. The number of aromatic nitrogens is 5. The van der Waals surface area contributed by atoms with Gasteiger partial charge in [-0.2, -0.15) is 4.98 Å². The lowest BCUT2D eigenvalue weighted by molar-refractivity contribution is 0.0715. The minimum absolute atomic E-state index is 0.123. The molecule has 0 aliphatic carbocycles. The van der Waals surface area contributed by atoms with Gasteiger partial charge < -0.3 is 14.1 Å². The monoisotopic (exact) mass is 368 g/mol. The average molecular weight is 368 g/mol. The van der Waals surface area contributed by atoms with Crippen molar-refractivity contribution in [1.82, 2.24) is 29.6 Å². The SMILES string of the molecule is COc1nc(C(=O)N2CCc3oc(CCc4cccnc4)nc3C2)nn1C. The summed E-state index contributed by atoms with van der Waals surface area (Å²) < 4.78 is 12.4. The van der Waals surface area contributed by atoms with Gasteiger partial charge in [0.1, 0.15) is 11.5 Å². The summed E-state index contributed by atoms with van der Waals surface area (Å²) in [5.74, 6) is 1.43. The maximum Gasteiger partial charge on any atom is 0.314 e. The highest BCUT2D eigenvalue weighted by Crippen LogP contribution is 2.22. The number of nitrogens with zero attached hydrogens (tertiary/aromatic N) is 6. The second-order valence-corrected chi connectivity index (χ2v) is 6.36. The van der Waals surface area contributed by atoms with Crippen molar-refractivity contribution in [1.29, 1.82) is 0 Å². The zero-order valence-corrected chi connectivity index (χ0v) is 15.3. The second kappa shape index (κ2) is 7.18. The summed E-state index contributed by atoms with van der Waals surface area (Å²) >= 11 is 0. The van der Waals surface area contributed by atoms with E-state index in [0.717, 1.165) is 23.4 Å². The Labute approximate surface area is 156 Å². The van der Waals surface area contributed by atoms with Gasteiger partial charge in [-0.05, 0) is 18.1 Å². The second-order valence-electron chi connectivity index (χ2n) is 6.36. The zero-order chi connectivity index (χ0) is 18.8. The molecule has 27 heavy (non-hydrogen) atoms. The first kappa shape index (κ1) is 17.2. The number of carbonyl (C=O) groups excluding carboxylic acids is 1. The molecule has 9 nitrogen and oxygen atoms in total. The third-order valence-corrected chi connectivity index (χ3v) is 4.51. The van der Waals surface area contributed by atoms with Gasteiger partial charge in [0.25, 0.3) is 5.91 Å². The predicted octanol–water partition coefficient (Wildman–Crippen LogP) is 1.19. The van der Waals surface area contributed by atoms with Crippen LogP contribution in [0.2, 0.25) is 0 Å². The summed E-state index contributed by atoms with van der Waals surface area (Å²) in [5, 5.41) is 4.12. The normalized spacial score (nSPS) is 13.5. The average Bonchev–Trinajstić information content (AvgIpc) is 3.28. The molecule has 1 aliphatic rings. The van der Waals surface area contributed by atoms with Crippen molar-refractivity contribution in [2.45, 2.75) is 25.8 Å². The third kappa shape index (κ3) is 3.53. The Balaban J connectivity index is 1.43. The number of hydrogen-bond donors (Lipinski definition) is 0. The Bertz CT molecular complexity index is 949. The van der Waals surface area contributed by atoms with E-state index >= 15 is 0 Å². The minimum Gasteiger partial charge on any atom is -0.467 e. The molecule has 0 N–H and O–H groups in total. The van der Waals surface area contributed by atoms with Gasteiger partial charge in [0.2, 0.25) is 5.82 Å². The van der Waals surface area contributed by atoms with Crippen LogP contribution in [-0.4, -0.2) is 49.2 Å². The highest BCUT2D eigenvalue weighted by molar-refractivity contribution is 5.90. The first-order valence-electron chi connectivity index (χ1n) is 8.74. The molecule has 0 saturated carbocycles. The molecule has 0 unspecified atom stereocenters. The topological polar surface area (TPSA) is 99.2 Å². The highest BCUT2D eigenvalue weighted by atomic mass is 16.5. The molecule has 3 aromatic heterocycles. The Hall–Kier alpha value is -3.23. The number of fused-ring (bicyclic) bond motifs is 1. The van der Waals surface area contributed by atoms with Crippen LogP contribution in [0.3, 0.4) is 0 Å². The maximum atomic E-state index is 12.7. The van der Waals surface area contributed by atoms with Crippen molar-refractivity contribution >= 4 is 5.91 Å². The van der Waals surface area contributed by atoms with Crippen LogP contribution in [0.5, 0.6) is 6.01 Å². The van der Waals surface area contributed by atoms with Gasteiger partial charge in [-0.1, -0.05) is 6.07 Å². The summed E-state index contributed by atoms with van der Waals surface area (Å²) in [4.78, 5) is 27.2. The molecule has 0 radical (unpaired) electrons. The minimum atomic E-state index is -0.237. The van der Waals surface area contributed by atoms with Crippen molar-refractivity contribution in [2.24, 2.45) is 7.05 Å². The molecule has 140 valence electrons. The number of methoxy groups -OCH3 is 1. The molecule has 4 heterocycles. The van der Waals surface area contributed by atoms with Crippen molar-refractivity contribution in [3.05, 3.63) is 53.3 Å². The Morgan fingerprint density at radius 2 is 2.22 bits per heavy atom. The lowest BCUT2D eigenvalue weighted by Crippen LogP contribution is -2.36. The van der Waals surface area contributed by atoms with Crippen LogP contribution in [0.25, 0.3) is 0 Å². The summed E-state index contributed by atoms with van der Waals surface area (Å²) in [6, 6.07) is 4.25. The van der Waals surface area contributed by atoms with E-state index in [1.54, 1.807) is 18.1 Å². The number of amides is 1. The molecule has 0 fully saturated rings. The van der Waals surface area contributed by atoms with Gasteiger partial charge in [-0.3, -0.25) is 9.78 Å². The smallest absolute Gasteiger partial charge is 0.314 e. The van der Waals surface area contributed by atoms with Gasteiger partial charge >= 0.3 is 6.01 Å². The Morgan fingerprint density at radius 1 is 1.33 bits per heavy atom. The van der Waals surface area contributed by atoms with Crippen LogP contribution >= 0.6 is 0 Å². The van der Waals surface area contributed by atoms with E-state index in [2.05, 4.69) is 20.1 Å². The number of hydrogen-bond acceptors (Lipinski definition) is 7. The van der Waals surface area contributed by atoms with Gasteiger partial charge in [0.15, 0.2) is 5.89 Å². The summed E-state index contributed by atoms with van der Waals surface area (Å²) in [6.07, 6.45) is 5.74. The lowest BCUT2D eigenvalue weighted by atomic mass is 10.1. The van der Waals surface area contributed by atoms with E-state index in [1.165, 1.54) is 11.8 Å². The van der Waals surface area contributed by atoms with Crippen molar-refractivity contribution in [3.8, 4) is 6.01 Å². The Morgan fingerprint density at radius 3 is 2.96 bits per heavy atom.